The van der Waals surface area contributed by atoms with Crippen molar-refractivity contribution < 1.29 is 5.11 Å². The highest BCUT2D eigenvalue weighted by Gasteiger charge is 2.27. The van der Waals surface area contributed by atoms with E-state index >= 15 is 0 Å². The highest BCUT2D eigenvalue weighted by Crippen LogP contribution is 2.36. The Bertz CT molecular complexity index is 155. The SMILES string of the molecule is CCCC(C)(CO)CC(CC)C(C)CC. The van der Waals surface area contributed by atoms with Crippen LogP contribution >= 0.6 is 0 Å². The highest BCUT2D eigenvalue weighted by molar-refractivity contribution is 4.78. The Kier molecular flexibility index (Phi) is 7.25. The fraction of sp³-hybridized carbons (Fsp3) is 1.00. The summed E-state index contributed by atoms with van der Waals surface area (Å²) in [6.45, 7) is 11.7. The van der Waals surface area contributed by atoms with E-state index in [1.807, 2.05) is 0 Å². The molecule has 0 heterocycles. The van der Waals surface area contributed by atoms with E-state index in [-0.39, 0.29) is 5.41 Å². The average molecular weight is 214 g/mol. The lowest BCUT2D eigenvalue weighted by molar-refractivity contribution is 0.0878. The van der Waals surface area contributed by atoms with Gasteiger partial charge in [-0.3, -0.25) is 0 Å². The third-order valence-electron chi connectivity index (χ3n) is 3.96. The van der Waals surface area contributed by atoms with Gasteiger partial charge in [0, 0.05) is 6.61 Å². The summed E-state index contributed by atoms with van der Waals surface area (Å²) in [5.74, 6) is 1.57. The molecule has 0 aromatic rings. The van der Waals surface area contributed by atoms with E-state index in [2.05, 4.69) is 34.6 Å². The summed E-state index contributed by atoms with van der Waals surface area (Å²) in [5.41, 5.74) is 0.152. The average Bonchev–Trinajstić information content (AvgIpc) is 2.25. The first kappa shape index (κ1) is 15.0. The van der Waals surface area contributed by atoms with Gasteiger partial charge in [0.15, 0.2) is 0 Å². The molecule has 0 aromatic carbocycles. The van der Waals surface area contributed by atoms with Crippen LogP contribution in [-0.4, -0.2) is 11.7 Å². The Hall–Kier alpha value is -0.0400. The van der Waals surface area contributed by atoms with Crippen molar-refractivity contribution in [2.45, 2.75) is 66.7 Å². The number of rotatable bonds is 8. The second kappa shape index (κ2) is 7.27. The Morgan fingerprint density at radius 2 is 1.73 bits per heavy atom. The van der Waals surface area contributed by atoms with E-state index in [0.29, 0.717) is 6.61 Å². The van der Waals surface area contributed by atoms with E-state index in [1.165, 1.54) is 25.7 Å². The molecule has 3 unspecified atom stereocenters. The van der Waals surface area contributed by atoms with E-state index in [4.69, 9.17) is 0 Å². The Labute approximate surface area is 96.3 Å². The molecule has 0 rings (SSSR count). The van der Waals surface area contributed by atoms with Crippen LogP contribution in [0.1, 0.15) is 66.7 Å². The van der Waals surface area contributed by atoms with Crippen LogP contribution < -0.4 is 0 Å². The van der Waals surface area contributed by atoms with Gasteiger partial charge in [-0.05, 0) is 30.1 Å². The fourth-order valence-electron chi connectivity index (χ4n) is 2.56. The van der Waals surface area contributed by atoms with Crippen molar-refractivity contribution in [1.29, 1.82) is 0 Å². The Balaban J connectivity index is 4.35. The van der Waals surface area contributed by atoms with Gasteiger partial charge < -0.3 is 5.11 Å². The summed E-state index contributed by atoms with van der Waals surface area (Å²) in [6, 6.07) is 0. The first-order valence-electron chi connectivity index (χ1n) is 6.63. The summed E-state index contributed by atoms with van der Waals surface area (Å²) < 4.78 is 0. The van der Waals surface area contributed by atoms with Crippen LogP contribution in [0.25, 0.3) is 0 Å². The molecule has 0 aliphatic carbocycles. The maximum absolute atomic E-state index is 9.52. The first-order chi connectivity index (χ1) is 7.02. The van der Waals surface area contributed by atoms with Crippen LogP contribution in [0.2, 0.25) is 0 Å². The lowest BCUT2D eigenvalue weighted by atomic mass is 9.73. The van der Waals surface area contributed by atoms with Crippen molar-refractivity contribution in [1.82, 2.24) is 0 Å². The van der Waals surface area contributed by atoms with Gasteiger partial charge in [-0.15, -0.1) is 0 Å². The minimum atomic E-state index is 0.152. The molecule has 0 bridgehead atoms. The predicted octanol–water partition coefficient (Wildman–Crippen LogP) is 4.25. The highest BCUT2D eigenvalue weighted by atomic mass is 16.3. The molecule has 92 valence electrons. The maximum Gasteiger partial charge on any atom is 0.0484 e. The van der Waals surface area contributed by atoms with Crippen molar-refractivity contribution >= 4 is 0 Å². The summed E-state index contributed by atoms with van der Waals surface area (Å²) in [7, 11) is 0. The van der Waals surface area contributed by atoms with Crippen molar-refractivity contribution in [3.63, 3.8) is 0 Å². The van der Waals surface area contributed by atoms with Gasteiger partial charge in [0.05, 0.1) is 0 Å². The van der Waals surface area contributed by atoms with Crippen LogP contribution in [0.15, 0.2) is 0 Å². The van der Waals surface area contributed by atoms with Gasteiger partial charge in [0.2, 0.25) is 0 Å². The van der Waals surface area contributed by atoms with Gasteiger partial charge in [-0.25, -0.2) is 0 Å². The molecule has 15 heavy (non-hydrogen) atoms. The summed E-state index contributed by atoms with van der Waals surface area (Å²) >= 11 is 0. The number of hydrogen-bond donors (Lipinski definition) is 1. The lowest BCUT2D eigenvalue weighted by Crippen LogP contribution is -2.27. The fourth-order valence-corrected chi connectivity index (χ4v) is 2.56. The molecule has 0 saturated heterocycles. The van der Waals surface area contributed by atoms with Gasteiger partial charge >= 0.3 is 0 Å². The molecule has 0 fully saturated rings. The van der Waals surface area contributed by atoms with Crippen LogP contribution in [0, 0.1) is 17.3 Å². The molecule has 0 aliphatic heterocycles. The molecule has 1 nitrogen and oxygen atoms in total. The predicted molar refractivity (Wildman–Crippen MR) is 68.0 cm³/mol. The van der Waals surface area contributed by atoms with Gasteiger partial charge in [-0.2, -0.15) is 0 Å². The molecule has 0 aliphatic rings. The van der Waals surface area contributed by atoms with E-state index in [1.54, 1.807) is 0 Å². The molecule has 0 amide bonds. The second-order valence-electron chi connectivity index (χ2n) is 5.48. The molecular formula is C14H30O. The quantitative estimate of drug-likeness (QED) is 0.640. The third kappa shape index (κ3) is 5.01. The van der Waals surface area contributed by atoms with Crippen LogP contribution in [-0.2, 0) is 0 Å². The van der Waals surface area contributed by atoms with E-state index in [0.717, 1.165) is 18.3 Å². The summed E-state index contributed by atoms with van der Waals surface area (Å²) in [6.07, 6.45) is 6.01. The van der Waals surface area contributed by atoms with Crippen molar-refractivity contribution in [2.24, 2.45) is 17.3 Å². The minimum absolute atomic E-state index is 0.152. The zero-order chi connectivity index (χ0) is 11.9. The zero-order valence-electron chi connectivity index (χ0n) is 11.3. The number of hydrogen-bond acceptors (Lipinski definition) is 1. The summed E-state index contributed by atoms with van der Waals surface area (Å²) in [5, 5.41) is 9.52. The van der Waals surface area contributed by atoms with E-state index in [9.17, 15) is 5.11 Å². The topological polar surface area (TPSA) is 20.2 Å². The standard InChI is InChI=1S/C14H30O/c1-6-9-14(5,11-15)10-13(8-3)12(4)7-2/h12-13,15H,6-11H2,1-5H3. The monoisotopic (exact) mass is 214 g/mol. The van der Waals surface area contributed by atoms with Crippen LogP contribution in [0.5, 0.6) is 0 Å². The van der Waals surface area contributed by atoms with Gasteiger partial charge in [-0.1, -0.05) is 53.9 Å². The molecule has 0 saturated carbocycles. The number of aliphatic hydroxyl groups is 1. The Morgan fingerprint density at radius 3 is 2.07 bits per heavy atom. The second-order valence-corrected chi connectivity index (χ2v) is 5.48. The third-order valence-corrected chi connectivity index (χ3v) is 3.96. The molecule has 0 radical (unpaired) electrons. The molecule has 3 atom stereocenters. The van der Waals surface area contributed by atoms with Crippen molar-refractivity contribution in [3.8, 4) is 0 Å². The number of aliphatic hydroxyl groups excluding tert-OH is 1. The zero-order valence-corrected chi connectivity index (χ0v) is 11.3. The molecular weight excluding hydrogens is 184 g/mol. The molecule has 1 heteroatoms. The van der Waals surface area contributed by atoms with Gasteiger partial charge in [0.1, 0.15) is 0 Å². The van der Waals surface area contributed by atoms with E-state index < -0.39 is 0 Å². The minimum Gasteiger partial charge on any atom is -0.396 e. The van der Waals surface area contributed by atoms with Gasteiger partial charge in [0.25, 0.3) is 0 Å². The van der Waals surface area contributed by atoms with Crippen LogP contribution in [0.3, 0.4) is 0 Å². The lowest BCUT2D eigenvalue weighted by Gasteiger charge is -2.33. The normalized spacial score (nSPS) is 19.6. The van der Waals surface area contributed by atoms with Crippen molar-refractivity contribution in [2.75, 3.05) is 6.61 Å². The maximum atomic E-state index is 9.52. The van der Waals surface area contributed by atoms with Crippen LogP contribution in [0.4, 0.5) is 0 Å². The smallest absolute Gasteiger partial charge is 0.0484 e. The van der Waals surface area contributed by atoms with Crippen molar-refractivity contribution in [3.05, 3.63) is 0 Å². The molecule has 0 aromatic heterocycles. The Morgan fingerprint density at radius 1 is 1.13 bits per heavy atom. The first-order valence-corrected chi connectivity index (χ1v) is 6.63. The summed E-state index contributed by atoms with van der Waals surface area (Å²) in [4.78, 5) is 0. The largest absolute Gasteiger partial charge is 0.396 e. The molecule has 0 spiro atoms. The molecule has 1 N–H and O–H groups in total.